The zero-order valence-electron chi connectivity index (χ0n) is 9.79. The van der Waals surface area contributed by atoms with Crippen molar-refractivity contribution in [1.29, 1.82) is 0 Å². The van der Waals surface area contributed by atoms with E-state index in [1.165, 1.54) is 5.56 Å². The molecular weight excluding hydrogens is 239 g/mol. The average Bonchev–Trinajstić information content (AvgIpc) is 2.28. The summed E-state index contributed by atoms with van der Waals surface area (Å²) in [5.41, 5.74) is 1.24. The van der Waals surface area contributed by atoms with Crippen LogP contribution in [0.3, 0.4) is 0 Å². The highest BCUT2D eigenvalue weighted by Gasteiger charge is 2.10. The summed E-state index contributed by atoms with van der Waals surface area (Å²) < 4.78 is 16.0. The first-order valence-corrected chi connectivity index (χ1v) is 7.54. The molecule has 0 aromatic heterocycles. The van der Waals surface area contributed by atoms with Crippen LogP contribution in [0.4, 0.5) is 0 Å². The van der Waals surface area contributed by atoms with E-state index in [4.69, 9.17) is 14.5 Å². The van der Waals surface area contributed by atoms with Gasteiger partial charge in [0.05, 0.1) is 6.61 Å². The molecule has 4 nitrogen and oxygen atoms in total. The second kappa shape index (κ2) is 7.62. The maximum absolute atomic E-state index is 10.6. The van der Waals surface area contributed by atoms with E-state index in [0.717, 1.165) is 6.42 Å². The van der Waals surface area contributed by atoms with Crippen LogP contribution in [0, 0.1) is 0 Å². The number of ether oxygens (including phenoxy) is 1. The SMILES string of the molecule is O=P(O)(O)CCCCOCCc1ccccc1. The highest BCUT2D eigenvalue weighted by molar-refractivity contribution is 7.51. The Bertz CT molecular complexity index is 347. The number of benzene rings is 1. The molecule has 0 saturated carbocycles. The highest BCUT2D eigenvalue weighted by atomic mass is 31.2. The highest BCUT2D eigenvalue weighted by Crippen LogP contribution is 2.35. The molecule has 5 heteroatoms. The first-order valence-electron chi connectivity index (χ1n) is 5.74. The van der Waals surface area contributed by atoms with Crippen LogP contribution >= 0.6 is 7.60 Å². The minimum atomic E-state index is -3.82. The molecule has 0 radical (unpaired) electrons. The number of hydrogen-bond acceptors (Lipinski definition) is 2. The molecule has 17 heavy (non-hydrogen) atoms. The van der Waals surface area contributed by atoms with E-state index in [-0.39, 0.29) is 6.16 Å². The number of hydrogen-bond donors (Lipinski definition) is 2. The summed E-state index contributed by atoms with van der Waals surface area (Å²) in [5.74, 6) is 0. The van der Waals surface area contributed by atoms with Crippen molar-refractivity contribution in [3.8, 4) is 0 Å². The van der Waals surface area contributed by atoms with Crippen LogP contribution in [0.2, 0.25) is 0 Å². The zero-order chi connectivity index (χ0) is 12.6. The number of unbranched alkanes of at least 4 members (excludes halogenated alkanes) is 1. The second-order valence-corrected chi connectivity index (χ2v) is 5.72. The van der Waals surface area contributed by atoms with Gasteiger partial charge in [0.25, 0.3) is 0 Å². The maximum Gasteiger partial charge on any atom is 0.325 e. The van der Waals surface area contributed by atoms with Gasteiger partial charge in [-0.1, -0.05) is 30.3 Å². The predicted molar refractivity (Wildman–Crippen MR) is 67.1 cm³/mol. The van der Waals surface area contributed by atoms with E-state index < -0.39 is 7.60 Å². The van der Waals surface area contributed by atoms with Crippen LogP contribution in [-0.4, -0.2) is 29.2 Å². The molecule has 96 valence electrons. The van der Waals surface area contributed by atoms with E-state index in [2.05, 4.69) is 12.1 Å². The maximum atomic E-state index is 10.6. The molecule has 1 rings (SSSR count). The molecule has 0 unspecified atom stereocenters. The molecule has 0 heterocycles. The normalized spacial score (nSPS) is 11.6. The lowest BCUT2D eigenvalue weighted by Crippen LogP contribution is -2.01. The van der Waals surface area contributed by atoms with Gasteiger partial charge in [0, 0.05) is 12.8 Å². The summed E-state index contributed by atoms with van der Waals surface area (Å²) in [6, 6.07) is 10.1. The fourth-order valence-electron chi connectivity index (χ4n) is 1.46. The van der Waals surface area contributed by atoms with E-state index in [0.29, 0.717) is 26.1 Å². The van der Waals surface area contributed by atoms with Crippen LogP contribution < -0.4 is 0 Å². The fourth-order valence-corrected chi connectivity index (χ4v) is 2.09. The van der Waals surface area contributed by atoms with Gasteiger partial charge in [-0.2, -0.15) is 0 Å². The van der Waals surface area contributed by atoms with Crippen molar-refractivity contribution in [2.75, 3.05) is 19.4 Å². The van der Waals surface area contributed by atoms with Crippen LogP contribution in [0.25, 0.3) is 0 Å². The topological polar surface area (TPSA) is 66.8 Å². The van der Waals surface area contributed by atoms with Crippen molar-refractivity contribution in [2.45, 2.75) is 19.3 Å². The van der Waals surface area contributed by atoms with E-state index >= 15 is 0 Å². The van der Waals surface area contributed by atoms with Gasteiger partial charge in [-0.05, 0) is 24.8 Å². The predicted octanol–water partition coefficient (Wildman–Crippen LogP) is 2.20. The summed E-state index contributed by atoms with van der Waals surface area (Å²) in [6.07, 6.45) is 2.03. The molecule has 0 fully saturated rings. The summed E-state index contributed by atoms with van der Waals surface area (Å²) in [4.78, 5) is 17.3. The molecule has 0 bridgehead atoms. The van der Waals surface area contributed by atoms with Gasteiger partial charge in [0.2, 0.25) is 0 Å². The Balaban J connectivity index is 1.97. The van der Waals surface area contributed by atoms with E-state index in [1.807, 2.05) is 18.2 Å². The Hall–Kier alpha value is -0.670. The van der Waals surface area contributed by atoms with Gasteiger partial charge < -0.3 is 14.5 Å². The van der Waals surface area contributed by atoms with Crippen molar-refractivity contribution in [3.63, 3.8) is 0 Å². The van der Waals surface area contributed by atoms with Crippen LogP contribution in [0.1, 0.15) is 18.4 Å². The first kappa shape index (κ1) is 14.4. The van der Waals surface area contributed by atoms with Crippen molar-refractivity contribution >= 4 is 7.60 Å². The molecule has 0 amide bonds. The van der Waals surface area contributed by atoms with Crippen LogP contribution in [0.5, 0.6) is 0 Å². The summed E-state index contributed by atoms with van der Waals surface area (Å²) in [6.45, 7) is 1.22. The van der Waals surface area contributed by atoms with Gasteiger partial charge >= 0.3 is 7.60 Å². The molecule has 0 spiro atoms. The van der Waals surface area contributed by atoms with Crippen molar-refractivity contribution in [3.05, 3.63) is 35.9 Å². The molecule has 0 atom stereocenters. The average molecular weight is 258 g/mol. The van der Waals surface area contributed by atoms with Crippen molar-refractivity contribution in [2.24, 2.45) is 0 Å². The quantitative estimate of drug-likeness (QED) is 0.554. The second-order valence-electron chi connectivity index (χ2n) is 3.94. The van der Waals surface area contributed by atoms with Crippen molar-refractivity contribution in [1.82, 2.24) is 0 Å². The molecule has 0 aliphatic carbocycles. The molecule has 1 aromatic rings. The zero-order valence-corrected chi connectivity index (χ0v) is 10.7. The van der Waals surface area contributed by atoms with E-state index in [9.17, 15) is 4.57 Å². The first-order chi connectivity index (χ1) is 8.08. The largest absolute Gasteiger partial charge is 0.381 e. The standard InChI is InChI=1S/C12H19O4P/c13-17(14,15)11-5-4-9-16-10-8-12-6-2-1-3-7-12/h1-3,6-7H,4-5,8-11H2,(H2,13,14,15). The van der Waals surface area contributed by atoms with Crippen molar-refractivity contribution < 1.29 is 19.1 Å². The lowest BCUT2D eigenvalue weighted by atomic mass is 10.2. The Morgan fingerprint density at radius 1 is 1.06 bits per heavy atom. The molecule has 1 aromatic carbocycles. The van der Waals surface area contributed by atoms with Gasteiger partial charge in [-0.3, -0.25) is 4.57 Å². The van der Waals surface area contributed by atoms with Gasteiger partial charge in [0.15, 0.2) is 0 Å². The van der Waals surface area contributed by atoms with E-state index in [1.54, 1.807) is 0 Å². The summed E-state index contributed by atoms with van der Waals surface area (Å²) in [5, 5.41) is 0. The molecule has 0 aliphatic heterocycles. The minimum Gasteiger partial charge on any atom is -0.381 e. The monoisotopic (exact) mass is 258 g/mol. The van der Waals surface area contributed by atoms with Gasteiger partial charge in [0.1, 0.15) is 0 Å². The number of rotatable bonds is 8. The molecular formula is C12H19O4P. The van der Waals surface area contributed by atoms with Gasteiger partial charge in [-0.25, -0.2) is 0 Å². The molecule has 0 aliphatic rings. The Morgan fingerprint density at radius 3 is 2.41 bits per heavy atom. The third-order valence-electron chi connectivity index (χ3n) is 2.37. The van der Waals surface area contributed by atoms with Crippen LogP contribution in [0.15, 0.2) is 30.3 Å². The summed E-state index contributed by atoms with van der Waals surface area (Å²) >= 11 is 0. The molecule has 0 saturated heterocycles. The van der Waals surface area contributed by atoms with Gasteiger partial charge in [-0.15, -0.1) is 0 Å². The Labute approximate surface area is 102 Å². The minimum absolute atomic E-state index is 0.0466. The third-order valence-corrected chi connectivity index (χ3v) is 3.26. The lowest BCUT2D eigenvalue weighted by Gasteiger charge is -2.05. The third kappa shape index (κ3) is 8.11. The lowest BCUT2D eigenvalue weighted by molar-refractivity contribution is 0.134. The smallest absolute Gasteiger partial charge is 0.325 e. The van der Waals surface area contributed by atoms with Crippen LogP contribution in [-0.2, 0) is 15.7 Å². The Kier molecular flexibility index (Phi) is 6.45. The Morgan fingerprint density at radius 2 is 1.76 bits per heavy atom. The molecule has 2 N–H and O–H groups in total. The fraction of sp³-hybridized carbons (Fsp3) is 0.500. The summed E-state index contributed by atoms with van der Waals surface area (Å²) in [7, 11) is -3.82.